The van der Waals surface area contributed by atoms with Gasteiger partial charge in [0.15, 0.2) is 6.29 Å². The van der Waals surface area contributed by atoms with Gasteiger partial charge in [0.25, 0.3) is 5.91 Å². The molecule has 2 amide bonds. The van der Waals surface area contributed by atoms with Crippen molar-refractivity contribution < 1.29 is 38.2 Å². The molecule has 0 radical (unpaired) electrons. The summed E-state index contributed by atoms with van der Waals surface area (Å²) in [4.78, 5) is 82.4. The molecular formula is C47H61N7O8. The number of hydrogen-bond donors (Lipinski definition) is 2. The summed E-state index contributed by atoms with van der Waals surface area (Å²) < 4.78 is 13.2. The maximum Gasteiger partial charge on any atom is 0.419 e. The Morgan fingerprint density at radius 3 is 2.29 bits per heavy atom. The molecule has 15 nitrogen and oxygen atoms in total. The number of carbonyl (C=O) groups excluding carboxylic acids is 6. The maximum atomic E-state index is 13.3. The lowest BCUT2D eigenvalue weighted by atomic mass is 9.92. The Balaban J connectivity index is 0.000000259. The van der Waals surface area contributed by atoms with E-state index in [2.05, 4.69) is 38.5 Å². The van der Waals surface area contributed by atoms with Crippen molar-refractivity contribution in [3.8, 4) is 5.75 Å². The van der Waals surface area contributed by atoms with Crippen molar-refractivity contribution in [3.05, 3.63) is 83.2 Å². The van der Waals surface area contributed by atoms with Gasteiger partial charge in [0.2, 0.25) is 5.91 Å². The molecule has 0 spiro atoms. The van der Waals surface area contributed by atoms with Gasteiger partial charge in [-0.15, -0.1) is 0 Å². The lowest BCUT2D eigenvalue weighted by Gasteiger charge is -2.35. The number of fused-ring (bicyclic) bond motifs is 1. The van der Waals surface area contributed by atoms with E-state index in [1.165, 1.54) is 19.0 Å². The van der Waals surface area contributed by atoms with Crippen LogP contribution in [0.4, 0.5) is 16.3 Å². The molecule has 4 heterocycles. The predicted octanol–water partition coefficient (Wildman–Crippen LogP) is 6.79. The summed E-state index contributed by atoms with van der Waals surface area (Å²) in [6.45, 7) is 8.78. The molecule has 6 rings (SSSR count). The zero-order valence-electron chi connectivity index (χ0n) is 37.0. The molecule has 2 atom stereocenters. The number of likely N-dealkylation sites (N-methyl/N-ethyl adjacent to an activating group) is 1. The number of pyridine rings is 1. The highest BCUT2D eigenvalue weighted by Gasteiger charge is 2.31. The third-order valence-corrected chi connectivity index (χ3v) is 11.5. The smallest absolute Gasteiger partial charge is 0.419 e. The lowest BCUT2D eigenvalue weighted by molar-refractivity contribution is -0.121. The van der Waals surface area contributed by atoms with E-state index in [0.717, 1.165) is 86.2 Å². The van der Waals surface area contributed by atoms with Crippen LogP contribution in [0.15, 0.2) is 60.8 Å². The molecule has 0 aliphatic carbocycles. The molecular weight excluding hydrogens is 791 g/mol. The van der Waals surface area contributed by atoms with Crippen molar-refractivity contribution in [2.24, 2.45) is 5.92 Å². The van der Waals surface area contributed by atoms with Gasteiger partial charge in [-0.05, 0) is 121 Å². The Morgan fingerprint density at radius 1 is 0.968 bits per heavy atom. The summed E-state index contributed by atoms with van der Waals surface area (Å²) in [6, 6.07) is 15.6. The van der Waals surface area contributed by atoms with Crippen LogP contribution < -0.4 is 20.3 Å². The van der Waals surface area contributed by atoms with Gasteiger partial charge in [-0.1, -0.05) is 6.07 Å². The minimum atomic E-state index is -0.774. The fourth-order valence-electron chi connectivity index (χ4n) is 7.99. The van der Waals surface area contributed by atoms with Crippen molar-refractivity contribution in [3.63, 3.8) is 0 Å². The van der Waals surface area contributed by atoms with Crippen LogP contribution in [-0.4, -0.2) is 122 Å². The molecule has 0 bridgehead atoms. The van der Waals surface area contributed by atoms with E-state index in [4.69, 9.17) is 9.47 Å². The first-order valence-corrected chi connectivity index (χ1v) is 21.3. The topological polar surface area (TPSA) is 172 Å². The van der Waals surface area contributed by atoms with Gasteiger partial charge >= 0.3 is 6.09 Å². The molecule has 0 saturated carbocycles. The molecule has 332 valence electrons. The lowest BCUT2D eigenvalue weighted by Crippen LogP contribution is -2.40. The number of aldehydes is 3. The molecule has 2 unspecified atom stereocenters. The highest BCUT2D eigenvalue weighted by molar-refractivity contribution is 6.05. The van der Waals surface area contributed by atoms with Crippen LogP contribution in [-0.2, 0) is 14.3 Å². The highest BCUT2D eigenvalue weighted by atomic mass is 16.6. The van der Waals surface area contributed by atoms with Gasteiger partial charge in [-0.2, -0.15) is 0 Å². The van der Waals surface area contributed by atoms with Crippen molar-refractivity contribution in [2.45, 2.75) is 83.4 Å². The number of anilines is 2. The molecule has 2 saturated heterocycles. The summed E-state index contributed by atoms with van der Waals surface area (Å²) in [5.74, 6) is 1.30. The number of carbonyl (C=O) groups is 6. The monoisotopic (exact) mass is 851 g/mol. The minimum Gasteiger partial charge on any atom is -0.494 e. The van der Waals surface area contributed by atoms with E-state index in [0.29, 0.717) is 41.9 Å². The number of amides is 2. The molecule has 2 N–H and O–H groups in total. The number of ether oxygens (including phenoxy) is 2. The van der Waals surface area contributed by atoms with Crippen molar-refractivity contribution >= 4 is 59.2 Å². The van der Waals surface area contributed by atoms with Crippen LogP contribution in [0.5, 0.6) is 5.75 Å². The van der Waals surface area contributed by atoms with Gasteiger partial charge < -0.3 is 34.7 Å². The zero-order chi connectivity index (χ0) is 45.0. The SMILES string of the molecule is CNC(=O)CCC(C=O)N(C)C(=O)c1cccc(N2CCC(CCOc3ccc(C=O)cc3)CC2)c1C=O.CNc1cc2c(cn1)cc(C1CCCN1C)n2C(=O)OC(C)(C)C. The second-order valence-corrected chi connectivity index (χ2v) is 16.8. The molecule has 2 aliphatic rings. The van der Waals surface area contributed by atoms with E-state index in [9.17, 15) is 28.8 Å². The molecule has 2 aliphatic heterocycles. The predicted molar refractivity (Wildman–Crippen MR) is 239 cm³/mol. The van der Waals surface area contributed by atoms with Crippen molar-refractivity contribution in [1.29, 1.82) is 0 Å². The van der Waals surface area contributed by atoms with Gasteiger partial charge in [-0.25, -0.2) is 14.3 Å². The molecule has 2 aromatic heterocycles. The van der Waals surface area contributed by atoms with Crippen LogP contribution in [0.3, 0.4) is 0 Å². The van der Waals surface area contributed by atoms with Crippen LogP contribution in [0, 0.1) is 5.92 Å². The fraction of sp³-hybridized carbons (Fsp3) is 0.468. The van der Waals surface area contributed by atoms with Crippen LogP contribution in [0.25, 0.3) is 10.9 Å². The average molecular weight is 852 g/mol. The zero-order valence-corrected chi connectivity index (χ0v) is 37.0. The number of likely N-dealkylation sites (tertiary alicyclic amines) is 1. The van der Waals surface area contributed by atoms with E-state index < -0.39 is 17.6 Å². The summed E-state index contributed by atoms with van der Waals surface area (Å²) in [6.07, 6.45) is 8.87. The summed E-state index contributed by atoms with van der Waals surface area (Å²) in [5.41, 5.74) is 3.14. The first-order chi connectivity index (χ1) is 29.7. The standard InChI is InChI=1S/C29H35N3O6.C18H26N4O2/c1-30-28(36)11-8-23(19-34)31(2)29(37)25-4-3-5-27(26(25)20-35)32-15-12-21(13-16-32)14-17-38-24-9-6-22(18-33)7-10-24;1-18(2,3)24-17(23)22-14-10-16(19-4)20-11-12(14)9-15(22)13-7-6-8-21(13)5/h3-7,9-10,18-21,23H,8,11-17H2,1-2H3,(H,30,36);9-11,13H,6-8H2,1-5H3,(H,19,20). The summed E-state index contributed by atoms with van der Waals surface area (Å²) >= 11 is 0. The maximum absolute atomic E-state index is 13.3. The van der Waals surface area contributed by atoms with Crippen LogP contribution >= 0.6 is 0 Å². The van der Waals surface area contributed by atoms with E-state index in [1.807, 2.05) is 40.0 Å². The number of piperidine rings is 1. The third-order valence-electron chi connectivity index (χ3n) is 11.5. The summed E-state index contributed by atoms with van der Waals surface area (Å²) in [7, 11) is 6.95. The third kappa shape index (κ3) is 11.8. The molecule has 15 heteroatoms. The number of rotatable bonds is 15. The Hall–Kier alpha value is -6.09. The normalized spacial score (nSPS) is 16.1. The van der Waals surface area contributed by atoms with Gasteiger partial charge in [0.05, 0.1) is 35.3 Å². The number of aromatic nitrogens is 2. The first kappa shape index (κ1) is 47.0. The minimum absolute atomic E-state index is 0.116. The molecule has 62 heavy (non-hydrogen) atoms. The van der Waals surface area contributed by atoms with E-state index in [1.54, 1.807) is 47.2 Å². The molecule has 4 aromatic rings. The molecule has 2 fully saturated rings. The highest BCUT2D eigenvalue weighted by Crippen LogP contribution is 2.35. The Bertz CT molecular complexity index is 2190. The number of nitrogens with one attached hydrogen (secondary N) is 2. The van der Waals surface area contributed by atoms with E-state index >= 15 is 0 Å². The average Bonchev–Trinajstić information content (AvgIpc) is 3.88. The number of benzene rings is 2. The van der Waals surface area contributed by atoms with Crippen molar-refractivity contribution in [1.82, 2.24) is 24.7 Å². The fourth-order valence-corrected chi connectivity index (χ4v) is 7.99. The van der Waals surface area contributed by atoms with Gasteiger partial charge in [0.1, 0.15) is 29.7 Å². The van der Waals surface area contributed by atoms with Crippen LogP contribution in [0.1, 0.15) is 109 Å². The number of nitrogens with zero attached hydrogens (tertiary/aromatic N) is 5. The summed E-state index contributed by atoms with van der Waals surface area (Å²) in [5, 5.41) is 6.49. The first-order valence-electron chi connectivity index (χ1n) is 21.3. The quantitative estimate of drug-likeness (QED) is 0.120. The largest absolute Gasteiger partial charge is 0.494 e. The van der Waals surface area contributed by atoms with Crippen LogP contribution in [0.2, 0.25) is 0 Å². The Kier molecular flexibility index (Phi) is 16.4. The number of hydrogen-bond acceptors (Lipinski definition) is 12. The molecule has 2 aromatic carbocycles. The van der Waals surface area contributed by atoms with Gasteiger partial charge in [-0.3, -0.25) is 24.1 Å². The van der Waals surface area contributed by atoms with Crippen molar-refractivity contribution in [2.75, 3.05) is 64.6 Å². The second kappa shape index (κ2) is 21.6. The van der Waals surface area contributed by atoms with E-state index in [-0.39, 0.29) is 36.4 Å². The Labute approximate surface area is 364 Å². The second-order valence-electron chi connectivity index (χ2n) is 16.8. The van der Waals surface area contributed by atoms with Gasteiger partial charge in [0, 0.05) is 75.2 Å². The Morgan fingerprint density at radius 2 is 1.69 bits per heavy atom.